The molecule has 0 saturated carbocycles. The van der Waals surface area contributed by atoms with Gasteiger partial charge in [0.15, 0.2) is 14.9 Å². The number of nitrogens with zero attached hydrogens (tertiary/aromatic N) is 1. The molecule has 3 N–H and O–H groups in total. The molecule has 0 spiro atoms. The Morgan fingerprint density at radius 1 is 1.47 bits per heavy atom. The summed E-state index contributed by atoms with van der Waals surface area (Å²) in [5.41, 5.74) is 6.26. The SMILES string of the molecule is CS(=O)(=O)c1ccc(CNCCN)cn1. The van der Waals surface area contributed by atoms with Crippen LogP contribution in [0.3, 0.4) is 0 Å². The van der Waals surface area contributed by atoms with Crippen LogP contribution < -0.4 is 11.1 Å². The Labute approximate surface area is 89.6 Å². The van der Waals surface area contributed by atoms with Gasteiger partial charge in [0.1, 0.15) is 0 Å². The normalized spacial score (nSPS) is 11.6. The van der Waals surface area contributed by atoms with Gasteiger partial charge in [0, 0.05) is 32.1 Å². The van der Waals surface area contributed by atoms with E-state index in [0.717, 1.165) is 18.4 Å². The predicted molar refractivity (Wildman–Crippen MR) is 58.1 cm³/mol. The first-order valence-electron chi connectivity index (χ1n) is 4.60. The van der Waals surface area contributed by atoms with Crippen LogP contribution in [0.5, 0.6) is 0 Å². The van der Waals surface area contributed by atoms with Crippen LogP contribution in [0, 0.1) is 0 Å². The average Bonchev–Trinajstić information content (AvgIpc) is 2.18. The van der Waals surface area contributed by atoms with Crippen molar-refractivity contribution in [3.8, 4) is 0 Å². The Balaban J connectivity index is 2.65. The summed E-state index contributed by atoms with van der Waals surface area (Å²) in [5.74, 6) is 0. The smallest absolute Gasteiger partial charge is 0.192 e. The molecule has 84 valence electrons. The number of pyridine rings is 1. The lowest BCUT2D eigenvalue weighted by Gasteiger charge is -2.03. The van der Waals surface area contributed by atoms with Crippen LogP contribution in [0.2, 0.25) is 0 Å². The lowest BCUT2D eigenvalue weighted by molar-refractivity contribution is 0.598. The fourth-order valence-corrected chi connectivity index (χ4v) is 1.63. The van der Waals surface area contributed by atoms with E-state index < -0.39 is 9.84 Å². The fourth-order valence-electron chi connectivity index (χ4n) is 1.07. The largest absolute Gasteiger partial charge is 0.329 e. The molecule has 1 rings (SSSR count). The highest BCUT2D eigenvalue weighted by Crippen LogP contribution is 2.05. The van der Waals surface area contributed by atoms with Gasteiger partial charge in [-0.15, -0.1) is 0 Å². The van der Waals surface area contributed by atoms with E-state index in [1.54, 1.807) is 12.3 Å². The summed E-state index contributed by atoms with van der Waals surface area (Å²) in [6.45, 7) is 1.96. The van der Waals surface area contributed by atoms with Gasteiger partial charge in [-0.25, -0.2) is 13.4 Å². The number of nitrogens with two attached hydrogens (primary N) is 1. The summed E-state index contributed by atoms with van der Waals surface area (Å²) >= 11 is 0. The fraction of sp³-hybridized carbons (Fsp3) is 0.444. The van der Waals surface area contributed by atoms with Gasteiger partial charge >= 0.3 is 0 Å². The van der Waals surface area contributed by atoms with E-state index in [1.165, 1.54) is 6.07 Å². The summed E-state index contributed by atoms with van der Waals surface area (Å²) < 4.78 is 22.2. The first kappa shape index (κ1) is 12.1. The minimum Gasteiger partial charge on any atom is -0.329 e. The molecule has 0 aliphatic rings. The third-order valence-corrected chi connectivity index (χ3v) is 2.83. The first-order chi connectivity index (χ1) is 7.04. The highest BCUT2D eigenvalue weighted by molar-refractivity contribution is 7.90. The van der Waals surface area contributed by atoms with Gasteiger partial charge in [0.2, 0.25) is 0 Å². The number of hydrogen-bond acceptors (Lipinski definition) is 5. The van der Waals surface area contributed by atoms with Crippen molar-refractivity contribution in [2.24, 2.45) is 5.73 Å². The zero-order valence-corrected chi connectivity index (χ0v) is 9.42. The van der Waals surface area contributed by atoms with Crippen molar-refractivity contribution in [2.45, 2.75) is 11.6 Å². The summed E-state index contributed by atoms with van der Waals surface area (Å²) in [6, 6.07) is 3.25. The molecule has 0 aromatic carbocycles. The van der Waals surface area contributed by atoms with Crippen LogP contribution >= 0.6 is 0 Å². The minimum atomic E-state index is -3.20. The third kappa shape index (κ3) is 3.94. The van der Waals surface area contributed by atoms with E-state index in [2.05, 4.69) is 10.3 Å². The van der Waals surface area contributed by atoms with Gasteiger partial charge in [-0.1, -0.05) is 6.07 Å². The van der Waals surface area contributed by atoms with Crippen LogP contribution in [-0.2, 0) is 16.4 Å². The molecule has 1 aromatic rings. The second-order valence-corrected chi connectivity index (χ2v) is 5.20. The minimum absolute atomic E-state index is 0.102. The molecule has 0 aliphatic heterocycles. The van der Waals surface area contributed by atoms with Crippen molar-refractivity contribution in [2.75, 3.05) is 19.3 Å². The standard InChI is InChI=1S/C9H15N3O2S/c1-15(13,14)9-3-2-8(7-12-9)6-11-5-4-10/h2-3,7,11H,4-6,10H2,1H3. The molecule has 0 unspecified atom stereocenters. The third-order valence-electron chi connectivity index (χ3n) is 1.83. The molecule has 0 saturated heterocycles. The van der Waals surface area contributed by atoms with Gasteiger partial charge in [-0.3, -0.25) is 0 Å². The lowest BCUT2D eigenvalue weighted by atomic mass is 10.3. The molecule has 6 heteroatoms. The Hall–Kier alpha value is -0.980. The topological polar surface area (TPSA) is 85.1 Å². The molecule has 0 amide bonds. The van der Waals surface area contributed by atoms with Gasteiger partial charge in [0.25, 0.3) is 0 Å². The monoisotopic (exact) mass is 229 g/mol. The summed E-state index contributed by atoms with van der Waals surface area (Å²) in [5, 5.41) is 3.20. The summed E-state index contributed by atoms with van der Waals surface area (Å²) in [4.78, 5) is 3.87. The average molecular weight is 229 g/mol. The van der Waals surface area contributed by atoms with Gasteiger partial charge < -0.3 is 11.1 Å². The second-order valence-electron chi connectivity index (χ2n) is 3.24. The highest BCUT2D eigenvalue weighted by atomic mass is 32.2. The molecule has 15 heavy (non-hydrogen) atoms. The van der Waals surface area contributed by atoms with Crippen molar-refractivity contribution < 1.29 is 8.42 Å². The van der Waals surface area contributed by atoms with Crippen LogP contribution in [-0.4, -0.2) is 32.7 Å². The molecule has 0 aliphatic carbocycles. The number of aromatic nitrogens is 1. The predicted octanol–water partition coefficient (Wildman–Crippen LogP) is -0.467. The summed E-state index contributed by atoms with van der Waals surface area (Å²) in [7, 11) is -3.20. The maximum atomic E-state index is 11.1. The maximum Gasteiger partial charge on any atom is 0.192 e. The van der Waals surface area contributed by atoms with Crippen LogP contribution in [0.25, 0.3) is 0 Å². The molecular weight excluding hydrogens is 214 g/mol. The van der Waals surface area contributed by atoms with Gasteiger partial charge in [-0.05, 0) is 11.6 Å². The van der Waals surface area contributed by atoms with E-state index in [9.17, 15) is 8.42 Å². The number of rotatable bonds is 5. The zero-order chi connectivity index (χ0) is 11.3. The van der Waals surface area contributed by atoms with E-state index in [1.807, 2.05) is 0 Å². The van der Waals surface area contributed by atoms with Crippen molar-refractivity contribution in [3.05, 3.63) is 23.9 Å². The van der Waals surface area contributed by atoms with Crippen LogP contribution in [0.15, 0.2) is 23.4 Å². The Bertz CT molecular complexity index is 400. The highest BCUT2D eigenvalue weighted by Gasteiger charge is 2.07. The van der Waals surface area contributed by atoms with Gasteiger partial charge in [0.05, 0.1) is 0 Å². The number of sulfone groups is 1. The molecule has 1 heterocycles. The van der Waals surface area contributed by atoms with E-state index in [0.29, 0.717) is 13.1 Å². The van der Waals surface area contributed by atoms with Gasteiger partial charge in [-0.2, -0.15) is 0 Å². The number of nitrogens with one attached hydrogen (secondary N) is 1. The van der Waals surface area contributed by atoms with Crippen molar-refractivity contribution >= 4 is 9.84 Å². The van der Waals surface area contributed by atoms with Crippen LogP contribution in [0.1, 0.15) is 5.56 Å². The molecule has 0 radical (unpaired) electrons. The molecule has 0 atom stereocenters. The molecular formula is C9H15N3O2S. The zero-order valence-electron chi connectivity index (χ0n) is 8.60. The molecule has 0 fully saturated rings. The number of hydrogen-bond donors (Lipinski definition) is 2. The van der Waals surface area contributed by atoms with Crippen molar-refractivity contribution in [1.82, 2.24) is 10.3 Å². The van der Waals surface area contributed by atoms with Crippen LogP contribution in [0.4, 0.5) is 0 Å². The summed E-state index contributed by atoms with van der Waals surface area (Å²) in [6.07, 6.45) is 2.70. The molecule has 5 nitrogen and oxygen atoms in total. The van der Waals surface area contributed by atoms with E-state index in [-0.39, 0.29) is 5.03 Å². The second kappa shape index (κ2) is 5.20. The quantitative estimate of drug-likeness (QED) is 0.667. The van der Waals surface area contributed by atoms with Crippen molar-refractivity contribution in [3.63, 3.8) is 0 Å². The van der Waals surface area contributed by atoms with E-state index in [4.69, 9.17) is 5.73 Å². The Morgan fingerprint density at radius 3 is 2.67 bits per heavy atom. The first-order valence-corrected chi connectivity index (χ1v) is 6.49. The lowest BCUT2D eigenvalue weighted by Crippen LogP contribution is -2.21. The molecule has 1 aromatic heterocycles. The Kier molecular flexibility index (Phi) is 4.19. The van der Waals surface area contributed by atoms with E-state index >= 15 is 0 Å². The van der Waals surface area contributed by atoms with Crippen molar-refractivity contribution in [1.29, 1.82) is 0 Å². The maximum absolute atomic E-state index is 11.1. The Morgan fingerprint density at radius 2 is 2.20 bits per heavy atom. The molecule has 0 bridgehead atoms.